The van der Waals surface area contributed by atoms with Crippen LogP contribution in [0.25, 0.3) is 0 Å². The van der Waals surface area contributed by atoms with Crippen molar-refractivity contribution in [3.05, 3.63) is 70.8 Å². The number of hydrogen-bond donors (Lipinski definition) is 2. The van der Waals surface area contributed by atoms with Gasteiger partial charge in [0.05, 0.1) is 6.54 Å². The number of nitrogens with one attached hydrogen (secondary N) is 1. The van der Waals surface area contributed by atoms with E-state index in [1.165, 1.54) is 24.3 Å². The number of benzene rings is 2. The smallest absolute Gasteiger partial charge is 0.475 e. The van der Waals surface area contributed by atoms with Crippen LogP contribution in [0.3, 0.4) is 0 Å². The highest BCUT2D eigenvalue weighted by Gasteiger charge is 2.38. The second-order valence-corrected chi connectivity index (χ2v) is 8.94. The third-order valence-electron chi connectivity index (χ3n) is 5.89. The summed E-state index contributed by atoms with van der Waals surface area (Å²) in [6, 6.07) is 8.65. The molecule has 0 radical (unpaired) electrons. The molecule has 2 aromatic rings. The molecule has 3 rings (SSSR count). The molecule has 2 N–H and O–H groups in total. The van der Waals surface area contributed by atoms with E-state index in [2.05, 4.69) is 10.2 Å². The van der Waals surface area contributed by atoms with Gasteiger partial charge < -0.3 is 20.2 Å². The number of carboxylic acid groups (broad SMARTS) is 1. The number of halogens is 7. The predicted molar refractivity (Wildman–Crippen MR) is 124 cm³/mol. The van der Waals surface area contributed by atoms with E-state index in [1.54, 1.807) is 17.0 Å². The SMILES string of the molecule is CN1CCC(N(Cc2ccc(F)cc2F)C(=O)NCc2ccc(C(C)(F)F)cc2)CC1.O=C(O)C(F)(F)F. The van der Waals surface area contributed by atoms with Crippen molar-refractivity contribution in [1.82, 2.24) is 15.1 Å². The minimum absolute atomic E-state index is 0.0212. The number of likely N-dealkylation sites (tertiary alicyclic amines) is 1. The van der Waals surface area contributed by atoms with Gasteiger partial charge in [0.15, 0.2) is 0 Å². The maximum absolute atomic E-state index is 14.2. The first-order chi connectivity index (χ1) is 17.6. The molecule has 0 unspecified atom stereocenters. The van der Waals surface area contributed by atoms with Gasteiger partial charge in [-0.25, -0.2) is 27.2 Å². The number of hydrogen-bond acceptors (Lipinski definition) is 3. The summed E-state index contributed by atoms with van der Waals surface area (Å²) in [6.07, 6.45) is -3.60. The Kier molecular flexibility index (Phi) is 10.5. The molecule has 1 aliphatic rings. The number of carbonyl (C=O) groups is 2. The lowest BCUT2D eigenvalue weighted by molar-refractivity contribution is -0.192. The van der Waals surface area contributed by atoms with Gasteiger partial charge in [-0.3, -0.25) is 0 Å². The van der Waals surface area contributed by atoms with Gasteiger partial charge in [-0.15, -0.1) is 0 Å². The standard InChI is InChI=1S/C23H27F4N3O.C2HF3O2/c1-23(26,27)18-6-3-16(4-7-18)14-28-22(31)30(20-9-11-29(2)12-10-20)15-17-5-8-19(24)13-21(17)25;3-2(4,5)1(6)7/h3-8,13,20H,9-12,14-15H2,1-2H3,(H,28,31);(H,6,7). The number of aliphatic carboxylic acids is 1. The summed E-state index contributed by atoms with van der Waals surface area (Å²) in [6.45, 7) is 2.63. The van der Waals surface area contributed by atoms with Crippen molar-refractivity contribution in [2.75, 3.05) is 20.1 Å². The van der Waals surface area contributed by atoms with Crippen molar-refractivity contribution in [1.29, 1.82) is 0 Å². The monoisotopic (exact) mass is 551 g/mol. The molecule has 0 aliphatic carbocycles. The third-order valence-corrected chi connectivity index (χ3v) is 5.89. The molecule has 0 atom stereocenters. The van der Waals surface area contributed by atoms with Crippen molar-refractivity contribution in [3.63, 3.8) is 0 Å². The number of piperidine rings is 1. The van der Waals surface area contributed by atoms with Crippen molar-refractivity contribution in [3.8, 4) is 0 Å². The summed E-state index contributed by atoms with van der Waals surface area (Å²) in [5, 5.41) is 9.93. The molecule has 1 heterocycles. The molecule has 0 spiro atoms. The third kappa shape index (κ3) is 9.51. The summed E-state index contributed by atoms with van der Waals surface area (Å²) < 4.78 is 86.0. The van der Waals surface area contributed by atoms with Gasteiger partial charge in [0.25, 0.3) is 5.92 Å². The lowest BCUT2D eigenvalue weighted by Crippen LogP contribution is -2.49. The van der Waals surface area contributed by atoms with Gasteiger partial charge in [-0.2, -0.15) is 13.2 Å². The Morgan fingerprint density at radius 1 is 1.03 bits per heavy atom. The number of carboxylic acids is 1. The second kappa shape index (κ2) is 12.9. The van der Waals surface area contributed by atoms with Gasteiger partial charge in [-0.05, 0) is 44.6 Å². The molecule has 2 amide bonds. The van der Waals surface area contributed by atoms with E-state index in [0.717, 1.165) is 38.9 Å². The molecule has 6 nitrogen and oxygen atoms in total. The van der Waals surface area contributed by atoms with Crippen LogP contribution in [0, 0.1) is 11.6 Å². The molecular weight excluding hydrogens is 523 g/mol. The van der Waals surface area contributed by atoms with E-state index < -0.39 is 29.7 Å². The van der Waals surface area contributed by atoms with Crippen LogP contribution in [0.1, 0.15) is 36.5 Å². The Hall–Kier alpha value is -3.35. The number of alkyl halides is 5. The van der Waals surface area contributed by atoms with Crippen LogP contribution >= 0.6 is 0 Å². The first-order valence-corrected chi connectivity index (χ1v) is 11.5. The Morgan fingerprint density at radius 3 is 2.05 bits per heavy atom. The van der Waals surface area contributed by atoms with E-state index in [4.69, 9.17) is 9.90 Å². The highest BCUT2D eigenvalue weighted by molar-refractivity contribution is 5.74. The minimum Gasteiger partial charge on any atom is -0.475 e. The maximum Gasteiger partial charge on any atom is 0.490 e. The summed E-state index contributed by atoms with van der Waals surface area (Å²) in [5.74, 6) is -7.04. The molecule has 0 aromatic heterocycles. The van der Waals surface area contributed by atoms with Crippen molar-refractivity contribution in [2.24, 2.45) is 0 Å². The first kappa shape index (κ1) is 30.9. The van der Waals surface area contributed by atoms with Crippen molar-refractivity contribution >= 4 is 12.0 Å². The van der Waals surface area contributed by atoms with E-state index >= 15 is 0 Å². The second-order valence-electron chi connectivity index (χ2n) is 8.94. The predicted octanol–water partition coefficient (Wildman–Crippen LogP) is 5.52. The van der Waals surface area contributed by atoms with E-state index in [-0.39, 0.29) is 36.3 Å². The molecule has 210 valence electrons. The lowest BCUT2D eigenvalue weighted by Gasteiger charge is -2.37. The van der Waals surface area contributed by atoms with Crippen molar-refractivity contribution < 1.29 is 45.4 Å². The number of nitrogens with zero attached hydrogens (tertiary/aromatic N) is 2. The van der Waals surface area contributed by atoms with Gasteiger partial charge >= 0.3 is 18.2 Å². The van der Waals surface area contributed by atoms with Crippen LogP contribution in [-0.2, 0) is 23.8 Å². The highest BCUT2D eigenvalue weighted by Crippen LogP contribution is 2.27. The normalized spacial score (nSPS) is 14.9. The van der Waals surface area contributed by atoms with Crippen LogP contribution in [0.4, 0.5) is 35.5 Å². The molecule has 2 aromatic carbocycles. The number of amides is 2. The first-order valence-electron chi connectivity index (χ1n) is 11.5. The Labute approximate surface area is 215 Å². The van der Waals surface area contributed by atoms with Crippen LogP contribution in [0.15, 0.2) is 42.5 Å². The summed E-state index contributed by atoms with van der Waals surface area (Å²) in [7, 11) is 2.00. The van der Waals surface area contributed by atoms with Gasteiger partial charge in [-0.1, -0.05) is 30.3 Å². The maximum atomic E-state index is 14.2. The quantitative estimate of drug-likeness (QED) is 0.464. The zero-order chi connectivity index (χ0) is 28.7. The number of carbonyl (C=O) groups excluding carboxylic acids is 1. The van der Waals surface area contributed by atoms with Crippen LogP contribution in [-0.4, -0.2) is 59.3 Å². The minimum atomic E-state index is -5.08. The molecule has 0 saturated carbocycles. The Morgan fingerprint density at radius 2 is 1.58 bits per heavy atom. The fraction of sp³-hybridized carbons (Fsp3) is 0.440. The fourth-order valence-electron chi connectivity index (χ4n) is 3.70. The Balaban J connectivity index is 0.000000638. The molecule has 1 fully saturated rings. The molecule has 1 saturated heterocycles. The van der Waals surface area contributed by atoms with Crippen LogP contribution < -0.4 is 5.32 Å². The molecular formula is C25H28F7N3O3. The summed E-state index contributed by atoms with van der Waals surface area (Å²) in [4.78, 5) is 25.6. The zero-order valence-electron chi connectivity index (χ0n) is 20.7. The lowest BCUT2D eigenvalue weighted by atomic mass is 10.0. The zero-order valence-corrected chi connectivity index (χ0v) is 20.7. The highest BCUT2D eigenvalue weighted by atomic mass is 19.4. The van der Waals surface area contributed by atoms with Gasteiger partial charge in [0.1, 0.15) is 11.6 Å². The van der Waals surface area contributed by atoms with E-state index in [1.807, 2.05) is 7.05 Å². The number of urea groups is 1. The number of rotatable bonds is 6. The average molecular weight is 552 g/mol. The average Bonchev–Trinajstić information content (AvgIpc) is 2.82. The van der Waals surface area contributed by atoms with E-state index in [9.17, 15) is 35.5 Å². The Bertz CT molecular complexity index is 1080. The molecule has 38 heavy (non-hydrogen) atoms. The largest absolute Gasteiger partial charge is 0.490 e. The molecule has 13 heteroatoms. The van der Waals surface area contributed by atoms with Crippen LogP contribution in [0.5, 0.6) is 0 Å². The van der Waals surface area contributed by atoms with Crippen molar-refractivity contribution in [2.45, 2.75) is 51.0 Å². The molecule has 1 aliphatic heterocycles. The molecule has 0 bridgehead atoms. The van der Waals surface area contributed by atoms with Gasteiger partial charge in [0.2, 0.25) is 0 Å². The summed E-state index contributed by atoms with van der Waals surface area (Å²) >= 11 is 0. The fourth-order valence-corrected chi connectivity index (χ4v) is 3.70. The van der Waals surface area contributed by atoms with E-state index in [0.29, 0.717) is 5.56 Å². The van der Waals surface area contributed by atoms with Gasteiger partial charge in [0, 0.05) is 36.7 Å². The summed E-state index contributed by atoms with van der Waals surface area (Å²) in [5.41, 5.74) is 0.824. The topological polar surface area (TPSA) is 72.9 Å². The van der Waals surface area contributed by atoms with Crippen LogP contribution in [0.2, 0.25) is 0 Å².